The Bertz CT molecular complexity index is 384. The van der Waals surface area contributed by atoms with Crippen LogP contribution in [0.2, 0.25) is 0 Å². The average molecular weight is 213 g/mol. The number of carbonyl (C=O) groups is 1. The molecule has 1 aromatic heterocycles. The Morgan fingerprint density at radius 1 is 1.67 bits per heavy atom. The highest BCUT2D eigenvalue weighted by Gasteiger charge is 2.16. The molecule has 0 aliphatic rings. The van der Waals surface area contributed by atoms with E-state index in [0.29, 0.717) is 0 Å². The summed E-state index contributed by atoms with van der Waals surface area (Å²) < 4.78 is 4.23. The molecule has 0 aromatic carbocycles. The van der Waals surface area contributed by atoms with Gasteiger partial charge in [0.15, 0.2) is 0 Å². The highest BCUT2D eigenvalue weighted by molar-refractivity contribution is 5.90. The van der Waals surface area contributed by atoms with Gasteiger partial charge in [-0.1, -0.05) is 5.22 Å². The van der Waals surface area contributed by atoms with Crippen LogP contribution >= 0.6 is 0 Å². The number of nitrogens with zero attached hydrogens (tertiary/aromatic N) is 5. The fraction of sp³-hybridized carbons (Fsp3) is 0.200. The number of hydrogen-bond donors (Lipinski definition) is 3. The van der Waals surface area contributed by atoms with Gasteiger partial charge in [0.05, 0.1) is 0 Å². The molecule has 0 saturated carbocycles. The summed E-state index contributed by atoms with van der Waals surface area (Å²) in [7, 11) is 0. The zero-order chi connectivity index (χ0) is 11.1. The molecule has 10 heteroatoms. The predicted molar refractivity (Wildman–Crippen MR) is 47.3 cm³/mol. The van der Waals surface area contributed by atoms with Crippen LogP contribution in [0, 0.1) is 0 Å². The maximum atomic E-state index is 10.5. The van der Waals surface area contributed by atoms with Crippen molar-refractivity contribution in [2.24, 2.45) is 21.2 Å². The molecule has 0 atom stereocenters. The van der Waals surface area contributed by atoms with Gasteiger partial charge in [-0.15, -0.1) is 5.11 Å². The van der Waals surface area contributed by atoms with Crippen molar-refractivity contribution < 1.29 is 14.5 Å². The third-order valence-electron chi connectivity index (χ3n) is 1.23. The average Bonchev–Trinajstić information content (AvgIpc) is 2.66. The standard InChI is InChI=1S/C5H7N7O3/c6-12-9-2-7-1-8-4-3(5(13)14)10-15-11-4/h2H,1H2,(H,8,11)(H,13,14)(H2,6,7,9). The molecular formula is C5H7N7O3. The first-order valence-electron chi connectivity index (χ1n) is 3.63. The van der Waals surface area contributed by atoms with Crippen molar-refractivity contribution in [2.45, 2.75) is 0 Å². The lowest BCUT2D eigenvalue weighted by molar-refractivity contribution is 0.0685. The van der Waals surface area contributed by atoms with E-state index in [4.69, 9.17) is 10.9 Å². The smallest absolute Gasteiger partial charge is 0.362 e. The first kappa shape index (κ1) is 10.6. The summed E-state index contributed by atoms with van der Waals surface area (Å²) in [5, 5.41) is 23.8. The Balaban J connectivity index is 2.50. The van der Waals surface area contributed by atoms with Crippen LogP contribution < -0.4 is 11.2 Å². The van der Waals surface area contributed by atoms with Crippen molar-refractivity contribution in [3.05, 3.63) is 5.69 Å². The lowest BCUT2D eigenvalue weighted by Gasteiger charge is -1.95. The van der Waals surface area contributed by atoms with Crippen LogP contribution in [-0.4, -0.2) is 34.4 Å². The number of rotatable bonds is 5. The Kier molecular flexibility index (Phi) is 3.70. The van der Waals surface area contributed by atoms with E-state index in [9.17, 15) is 4.79 Å². The highest BCUT2D eigenvalue weighted by atomic mass is 16.6. The Labute approximate surface area is 82.8 Å². The lowest BCUT2D eigenvalue weighted by Crippen LogP contribution is -2.06. The molecule has 0 saturated heterocycles. The summed E-state index contributed by atoms with van der Waals surface area (Å²) in [5.41, 5.74) is -0.314. The fourth-order valence-corrected chi connectivity index (χ4v) is 0.673. The van der Waals surface area contributed by atoms with Gasteiger partial charge in [0.2, 0.25) is 11.5 Å². The van der Waals surface area contributed by atoms with Crippen molar-refractivity contribution >= 4 is 18.1 Å². The van der Waals surface area contributed by atoms with E-state index in [-0.39, 0.29) is 18.2 Å². The van der Waals surface area contributed by atoms with Gasteiger partial charge in [0.1, 0.15) is 13.0 Å². The van der Waals surface area contributed by atoms with E-state index < -0.39 is 5.97 Å². The van der Waals surface area contributed by atoms with Crippen LogP contribution in [0.1, 0.15) is 10.5 Å². The summed E-state index contributed by atoms with van der Waals surface area (Å²) in [6, 6.07) is 0. The molecule has 0 aliphatic heterocycles. The van der Waals surface area contributed by atoms with Crippen molar-refractivity contribution in [3.63, 3.8) is 0 Å². The van der Waals surface area contributed by atoms with Crippen molar-refractivity contribution in [2.75, 3.05) is 12.0 Å². The molecule has 4 N–H and O–H groups in total. The van der Waals surface area contributed by atoms with Crippen LogP contribution in [0.25, 0.3) is 0 Å². The summed E-state index contributed by atoms with van der Waals surface area (Å²) in [6.07, 6.45) is 1.10. The lowest BCUT2D eigenvalue weighted by atomic mass is 10.4. The number of aromatic carboxylic acids is 1. The van der Waals surface area contributed by atoms with Gasteiger partial charge in [0, 0.05) is 0 Å². The molecule has 0 radical (unpaired) electrons. The molecule has 0 amide bonds. The first-order chi connectivity index (χ1) is 7.25. The number of anilines is 1. The fourth-order valence-electron chi connectivity index (χ4n) is 0.673. The number of carboxylic acids is 1. The zero-order valence-corrected chi connectivity index (χ0v) is 7.36. The SMILES string of the molecule is NN=NC=NCNc1nonc1C(=O)O. The van der Waals surface area contributed by atoms with Gasteiger partial charge in [-0.3, -0.25) is 4.99 Å². The van der Waals surface area contributed by atoms with E-state index >= 15 is 0 Å². The monoisotopic (exact) mass is 213 g/mol. The van der Waals surface area contributed by atoms with Crippen LogP contribution in [-0.2, 0) is 0 Å². The highest BCUT2D eigenvalue weighted by Crippen LogP contribution is 2.07. The van der Waals surface area contributed by atoms with Crippen LogP contribution in [0.15, 0.2) is 20.0 Å². The van der Waals surface area contributed by atoms with Gasteiger partial charge >= 0.3 is 5.97 Å². The summed E-state index contributed by atoms with van der Waals surface area (Å²) in [5.74, 6) is 3.44. The molecule has 1 heterocycles. The topological polar surface area (TPSA) is 151 Å². The van der Waals surface area contributed by atoms with Gasteiger partial charge in [-0.05, 0) is 10.3 Å². The number of carboxylic acid groups (broad SMARTS) is 1. The van der Waals surface area contributed by atoms with E-state index in [1.165, 1.54) is 0 Å². The van der Waals surface area contributed by atoms with E-state index in [1.807, 2.05) is 0 Å². The number of nitrogens with two attached hydrogens (primary N) is 1. The molecule has 80 valence electrons. The quantitative estimate of drug-likeness (QED) is 0.196. The third-order valence-corrected chi connectivity index (χ3v) is 1.23. The number of aliphatic imine (C=N–C) groups is 1. The van der Waals surface area contributed by atoms with Crippen molar-refractivity contribution in [3.8, 4) is 0 Å². The van der Waals surface area contributed by atoms with Crippen LogP contribution in [0.3, 0.4) is 0 Å². The number of nitrogens with one attached hydrogen (secondary N) is 1. The Morgan fingerprint density at radius 3 is 3.13 bits per heavy atom. The van der Waals surface area contributed by atoms with Gasteiger partial charge in [-0.2, -0.15) is 0 Å². The minimum absolute atomic E-state index is 0.00987. The van der Waals surface area contributed by atoms with Gasteiger partial charge in [-0.25, -0.2) is 9.42 Å². The molecule has 0 spiro atoms. The minimum Gasteiger partial charge on any atom is -0.476 e. The maximum absolute atomic E-state index is 10.5. The maximum Gasteiger partial charge on any atom is 0.362 e. The minimum atomic E-state index is -1.25. The molecule has 10 nitrogen and oxygen atoms in total. The Hall–Kier alpha value is -2.52. The number of hydrogen-bond acceptors (Lipinski definition) is 7. The van der Waals surface area contributed by atoms with E-state index in [1.54, 1.807) is 0 Å². The summed E-state index contributed by atoms with van der Waals surface area (Å²) in [6.45, 7) is 0.0491. The molecule has 0 unspecified atom stereocenters. The van der Waals surface area contributed by atoms with Gasteiger partial charge in [0.25, 0.3) is 0 Å². The number of aromatic nitrogens is 2. The first-order valence-corrected chi connectivity index (χ1v) is 3.63. The van der Waals surface area contributed by atoms with Crippen molar-refractivity contribution in [1.82, 2.24) is 10.3 Å². The van der Waals surface area contributed by atoms with Crippen LogP contribution in [0.4, 0.5) is 5.82 Å². The second kappa shape index (κ2) is 5.26. The van der Waals surface area contributed by atoms with Crippen LogP contribution in [0.5, 0.6) is 0 Å². The zero-order valence-electron chi connectivity index (χ0n) is 7.36. The normalized spacial score (nSPS) is 11.2. The molecule has 1 aromatic rings. The van der Waals surface area contributed by atoms with E-state index in [2.05, 4.69) is 35.6 Å². The summed E-state index contributed by atoms with van der Waals surface area (Å²) in [4.78, 5) is 14.2. The molecule has 0 bridgehead atoms. The molecular weight excluding hydrogens is 206 g/mol. The second-order valence-electron chi connectivity index (χ2n) is 2.13. The summed E-state index contributed by atoms with van der Waals surface area (Å²) >= 11 is 0. The molecule has 0 fully saturated rings. The second-order valence-corrected chi connectivity index (χ2v) is 2.13. The molecule has 0 aliphatic carbocycles. The largest absolute Gasteiger partial charge is 0.476 e. The van der Waals surface area contributed by atoms with Gasteiger partial charge < -0.3 is 16.3 Å². The molecule has 1 rings (SSSR count). The van der Waals surface area contributed by atoms with Crippen molar-refractivity contribution in [1.29, 1.82) is 0 Å². The third kappa shape index (κ3) is 3.02. The Morgan fingerprint density at radius 2 is 2.47 bits per heavy atom. The molecule has 15 heavy (non-hydrogen) atoms. The predicted octanol–water partition coefficient (Wildman–Crippen LogP) is -0.509. The van der Waals surface area contributed by atoms with E-state index in [0.717, 1.165) is 6.34 Å².